The minimum absolute atomic E-state index is 0.478. The molecule has 0 heterocycles. The smallest absolute Gasteiger partial charge is 0.310 e. The van der Waals surface area contributed by atoms with Crippen molar-refractivity contribution in [1.29, 1.82) is 0 Å². The van der Waals surface area contributed by atoms with Gasteiger partial charge >= 0.3 is 5.97 Å². The van der Waals surface area contributed by atoms with Crippen molar-refractivity contribution in [2.45, 2.75) is 33.3 Å². The molecule has 0 radical (unpaired) electrons. The maximum absolute atomic E-state index is 11.5. The molecule has 0 saturated carbocycles. The van der Waals surface area contributed by atoms with E-state index in [-0.39, 0.29) is 0 Å². The Labute approximate surface area is 161 Å². The predicted octanol–water partition coefficient (Wildman–Crippen LogP) is 4.76. The van der Waals surface area contributed by atoms with Gasteiger partial charge in [0.2, 0.25) is 0 Å². The summed E-state index contributed by atoms with van der Waals surface area (Å²) in [5.74, 6) is 0.112. The van der Waals surface area contributed by atoms with E-state index in [1.807, 2.05) is 80.6 Å². The van der Waals surface area contributed by atoms with Crippen LogP contribution in [0.4, 0.5) is 0 Å². The molecule has 27 heavy (non-hydrogen) atoms. The Balaban J connectivity index is 1.78. The van der Waals surface area contributed by atoms with Crippen molar-refractivity contribution in [2.75, 3.05) is 13.1 Å². The van der Waals surface area contributed by atoms with Crippen LogP contribution in [0.5, 0.6) is 5.75 Å². The topological polar surface area (TPSA) is 58.6 Å². The van der Waals surface area contributed by atoms with E-state index in [1.54, 1.807) is 0 Å². The molecule has 0 aliphatic carbocycles. The van der Waals surface area contributed by atoms with Crippen LogP contribution in [0.25, 0.3) is 6.08 Å². The van der Waals surface area contributed by atoms with E-state index in [0.717, 1.165) is 16.9 Å². The second-order valence-corrected chi connectivity index (χ2v) is 6.67. The molecule has 2 aromatic rings. The van der Waals surface area contributed by atoms with Gasteiger partial charge in [-0.05, 0) is 36.1 Å². The highest BCUT2D eigenvalue weighted by molar-refractivity contribution is 5.74. The number of carboxylic acids is 1. The van der Waals surface area contributed by atoms with E-state index < -0.39 is 11.4 Å². The van der Waals surface area contributed by atoms with E-state index in [9.17, 15) is 9.90 Å². The molecule has 0 amide bonds. The summed E-state index contributed by atoms with van der Waals surface area (Å²) in [7, 11) is 0. The van der Waals surface area contributed by atoms with Crippen LogP contribution in [0.2, 0.25) is 0 Å². The van der Waals surface area contributed by atoms with Crippen LogP contribution in [-0.4, -0.2) is 24.2 Å². The second kappa shape index (κ2) is 10.5. The Morgan fingerprint density at radius 1 is 1.07 bits per heavy atom. The van der Waals surface area contributed by atoms with Gasteiger partial charge < -0.3 is 15.2 Å². The average Bonchev–Trinajstić information content (AvgIpc) is 2.71. The molecule has 4 nitrogen and oxygen atoms in total. The number of hydrogen-bond acceptors (Lipinski definition) is 3. The van der Waals surface area contributed by atoms with E-state index >= 15 is 0 Å². The number of ether oxygens (including phenoxy) is 1. The lowest BCUT2D eigenvalue weighted by molar-refractivity contribution is -0.149. The summed E-state index contributed by atoms with van der Waals surface area (Å²) in [6.45, 7) is 5.53. The largest absolute Gasteiger partial charge is 0.489 e. The fourth-order valence-electron chi connectivity index (χ4n) is 2.88. The van der Waals surface area contributed by atoms with Gasteiger partial charge in [0.25, 0.3) is 0 Å². The van der Waals surface area contributed by atoms with Crippen molar-refractivity contribution in [2.24, 2.45) is 5.41 Å². The fourth-order valence-corrected chi connectivity index (χ4v) is 2.88. The molecule has 0 spiro atoms. The number of hydrogen-bond donors (Lipinski definition) is 2. The van der Waals surface area contributed by atoms with Crippen molar-refractivity contribution in [3.8, 4) is 5.75 Å². The summed E-state index contributed by atoms with van der Waals surface area (Å²) in [6, 6.07) is 18.0. The standard InChI is InChI=1S/C23H29NO3/c1-3-23(4-2,22(25)26)18-24-16-8-11-19-12-14-21(15-13-19)27-17-20-9-6-5-7-10-20/h5-15,24H,3-4,16-18H2,1-2H3,(H,25,26)/b11-8+. The first-order valence-electron chi connectivity index (χ1n) is 9.47. The fraction of sp³-hybridized carbons (Fsp3) is 0.348. The van der Waals surface area contributed by atoms with Crippen molar-refractivity contribution in [3.63, 3.8) is 0 Å². The maximum atomic E-state index is 11.5. The lowest BCUT2D eigenvalue weighted by atomic mass is 9.82. The minimum Gasteiger partial charge on any atom is -0.489 e. The second-order valence-electron chi connectivity index (χ2n) is 6.67. The zero-order valence-electron chi connectivity index (χ0n) is 16.2. The van der Waals surface area contributed by atoms with Crippen molar-refractivity contribution < 1.29 is 14.6 Å². The first-order chi connectivity index (χ1) is 13.1. The van der Waals surface area contributed by atoms with Crippen LogP contribution in [-0.2, 0) is 11.4 Å². The lowest BCUT2D eigenvalue weighted by Crippen LogP contribution is -2.40. The van der Waals surface area contributed by atoms with E-state index in [4.69, 9.17) is 4.74 Å². The van der Waals surface area contributed by atoms with Gasteiger partial charge in [-0.2, -0.15) is 0 Å². The summed E-state index contributed by atoms with van der Waals surface area (Å²) in [4.78, 5) is 11.5. The third-order valence-corrected chi connectivity index (χ3v) is 4.97. The van der Waals surface area contributed by atoms with Crippen LogP contribution in [0.1, 0.15) is 37.8 Å². The van der Waals surface area contributed by atoms with Gasteiger partial charge in [0.15, 0.2) is 0 Å². The van der Waals surface area contributed by atoms with Crippen molar-refractivity contribution >= 4 is 12.0 Å². The summed E-state index contributed by atoms with van der Waals surface area (Å²) in [5.41, 5.74) is 1.55. The molecule has 0 aromatic heterocycles. The third kappa shape index (κ3) is 6.26. The molecule has 0 aliphatic heterocycles. The third-order valence-electron chi connectivity index (χ3n) is 4.97. The summed E-state index contributed by atoms with van der Waals surface area (Å²) >= 11 is 0. The van der Waals surface area contributed by atoms with E-state index in [2.05, 4.69) is 5.32 Å². The molecule has 0 unspecified atom stereocenters. The van der Waals surface area contributed by atoms with Gasteiger partial charge in [-0.25, -0.2) is 0 Å². The van der Waals surface area contributed by atoms with Gasteiger partial charge in [-0.3, -0.25) is 4.79 Å². The van der Waals surface area contributed by atoms with Gasteiger partial charge in [0.05, 0.1) is 5.41 Å². The Morgan fingerprint density at radius 2 is 1.74 bits per heavy atom. The number of carboxylic acid groups (broad SMARTS) is 1. The highest BCUT2D eigenvalue weighted by atomic mass is 16.5. The Kier molecular flexibility index (Phi) is 8.08. The molecule has 4 heteroatoms. The Morgan fingerprint density at radius 3 is 2.33 bits per heavy atom. The molecule has 144 valence electrons. The van der Waals surface area contributed by atoms with Crippen LogP contribution in [0.3, 0.4) is 0 Å². The molecular formula is C23H29NO3. The van der Waals surface area contributed by atoms with Gasteiger partial charge in [-0.15, -0.1) is 0 Å². The molecule has 0 saturated heterocycles. The summed E-state index contributed by atoms with van der Waals surface area (Å²) in [5, 5.41) is 12.7. The van der Waals surface area contributed by atoms with E-state index in [0.29, 0.717) is 32.5 Å². The van der Waals surface area contributed by atoms with Crippen LogP contribution < -0.4 is 10.1 Å². The molecule has 2 rings (SSSR count). The van der Waals surface area contributed by atoms with Crippen LogP contribution in [0, 0.1) is 5.41 Å². The first-order valence-corrected chi connectivity index (χ1v) is 9.47. The lowest BCUT2D eigenvalue weighted by Gasteiger charge is -2.26. The Hall–Kier alpha value is -2.59. The SMILES string of the molecule is CCC(CC)(CNC/C=C/c1ccc(OCc2ccccc2)cc1)C(=O)O. The molecule has 0 fully saturated rings. The van der Waals surface area contributed by atoms with Crippen molar-refractivity contribution in [1.82, 2.24) is 5.32 Å². The zero-order chi connectivity index (χ0) is 19.5. The van der Waals surface area contributed by atoms with Crippen LogP contribution >= 0.6 is 0 Å². The van der Waals surface area contributed by atoms with Gasteiger partial charge in [-0.1, -0.05) is 68.5 Å². The maximum Gasteiger partial charge on any atom is 0.310 e. The molecule has 2 N–H and O–H groups in total. The van der Waals surface area contributed by atoms with Crippen LogP contribution in [0.15, 0.2) is 60.7 Å². The molecule has 0 atom stereocenters. The molecule has 2 aromatic carbocycles. The first kappa shape index (κ1) is 20.7. The number of benzene rings is 2. The minimum atomic E-state index is -0.727. The highest BCUT2D eigenvalue weighted by Gasteiger charge is 2.33. The predicted molar refractivity (Wildman–Crippen MR) is 110 cm³/mol. The average molecular weight is 367 g/mol. The summed E-state index contributed by atoms with van der Waals surface area (Å²) < 4.78 is 5.78. The normalized spacial score (nSPS) is 11.6. The zero-order valence-corrected chi connectivity index (χ0v) is 16.2. The number of nitrogens with one attached hydrogen (secondary N) is 1. The quantitative estimate of drug-likeness (QED) is 0.562. The van der Waals surface area contributed by atoms with Gasteiger partial charge in [0, 0.05) is 13.1 Å². The number of carbonyl (C=O) groups is 1. The molecule has 0 aliphatic rings. The Bertz CT molecular complexity index is 719. The number of rotatable bonds is 11. The monoisotopic (exact) mass is 367 g/mol. The van der Waals surface area contributed by atoms with Gasteiger partial charge in [0.1, 0.15) is 12.4 Å². The summed E-state index contributed by atoms with van der Waals surface area (Å²) in [6.07, 6.45) is 5.28. The van der Waals surface area contributed by atoms with Crippen molar-refractivity contribution in [3.05, 3.63) is 71.8 Å². The molecule has 0 bridgehead atoms. The van der Waals surface area contributed by atoms with E-state index in [1.165, 1.54) is 0 Å². The number of aliphatic carboxylic acids is 1. The highest BCUT2D eigenvalue weighted by Crippen LogP contribution is 2.25. The molecular weight excluding hydrogens is 338 g/mol.